The van der Waals surface area contributed by atoms with Crippen molar-refractivity contribution in [2.45, 2.75) is 25.6 Å². The number of nitrogens with one attached hydrogen (secondary N) is 1. The van der Waals surface area contributed by atoms with E-state index in [1.54, 1.807) is 0 Å². The van der Waals surface area contributed by atoms with Crippen LogP contribution in [0.15, 0.2) is 42.6 Å². The van der Waals surface area contributed by atoms with Crippen LogP contribution in [0.3, 0.4) is 0 Å². The Morgan fingerprint density at radius 1 is 1.15 bits per heavy atom. The van der Waals surface area contributed by atoms with Crippen LogP contribution in [0.2, 0.25) is 0 Å². The second-order valence-corrected chi connectivity index (χ2v) is 7.47. The number of amides is 1. The molecular weight excluding hydrogens is 437 g/mol. The van der Waals surface area contributed by atoms with Crippen LogP contribution in [-0.2, 0) is 24.2 Å². The zero-order chi connectivity index (χ0) is 23.6. The molecule has 1 amide bonds. The highest BCUT2D eigenvalue weighted by atomic mass is 19.4. The molecular formula is C23H19F3N4O3. The first-order chi connectivity index (χ1) is 15.7. The molecule has 0 spiro atoms. The lowest BCUT2D eigenvalue weighted by atomic mass is 9.89. The minimum absolute atomic E-state index is 0.00768. The highest BCUT2D eigenvalue weighted by Gasteiger charge is 2.38. The SMILES string of the molecule is O=C(O)C(F)(F)F.O=C1NCCn2nc3c(c21)CCc1cnc(/C=C/c2ccccc2)cc1-3. The Kier molecular flexibility index (Phi) is 5.99. The van der Waals surface area contributed by atoms with Crippen molar-refractivity contribution in [1.29, 1.82) is 0 Å². The fraction of sp³-hybridized carbons (Fsp3) is 0.217. The molecule has 0 bridgehead atoms. The summed E-state index contributed by atoms with van der Waals surface area (Å²) in [5.74, 6) is -2.76. The maximum absolute atomic E-state index is 12.3. The zero-order valence-corrected chi connectivity index (χ0v) is 17.3. The van der Waals surface area contributed by atoms with E-state index in [-0.39, 0.29) is 5.91 Å². The zero-order valence-electron chi connectivity index (χ0n) is 17.3. The van der Waals surface area contributed by atoms with Gasteiger partial charge in [-0.05, 0) is 36.1 Å². The molecule has 170 valence electrons. The number of carbonyl (C=O) groups excluding carboxylic acids is 1. The Balaban J connectivity index is 0.000000325. The van der Waals surface area contributed by atoms with E-state index in [1.807, 2.05) is 35.2 Å². The quantitative estimate of drug-likeness (QED) is 0.614. The Hall–Kier alpha value is -3.95. The number of aryl methyl sites for hydroxylation is 1. The van der Waals surface area contributed by atoms with Crippen LogP contribution in [0.5, 0.6) is 0 Å². The first-order valence-corrected chi connectivity index (χ1v) is 10.1. The fourth-order valence-electron chi connectivity index (χ4n) is 3.74. The number of benzene rings is 1. The van der Waals surface area contributed by atoms with E-state index >= 15 is 0 Å². The second-order valence-electron chi connectivity index (χ2n) is 7.47. The average molecular weight is 456 g/mol. The molecule has 1 aliphatic carbocycles. The van der Waals surface area contributed by atoms with E-state index in [4.69, 9.17) is 15.0 Å². The van der Waals surface area contributed by atoms with Crippen LogP contribution >= 0.6 is 0 Å². The van der Waals surface area contributed by atoms with Crippen LogP contribution in [0, 0.1) is 0 Å². The summed E-state index contributed by atoms with van der Waals surface area (Å²) in [5, 5.41) is 14.8. The van der Waals surface area contributed by atoms with Crippen molar-refractivity contribution in [3.05, 3.63) is 70.7 Å². The van der Waals surface area contributed by atoms with Crippen molar-refractivity contribution in [2.75, 3.05) is 6.54 Å². The van der Waals surface area contributed by atoms with Crippen LogP contribution in [0.4, 0.5) is 13.2 Å². The minimum atomic E-state index is -5.08. The molecule has 0 radical (unpaired) electrons. The third kappa shape index (κ3) is 4.79. The van der Waals surface area contributed by atoms with Gasteiger partial charge < -0.3 is 10.4 Å². The van der Waals surface area contributed by atoms with Gasteiger partial charge in [-0.3, -0.25) is 14.5 Å². The number of fused-ring (bicyclic) bond motifs is 5. The normalized spacial score (nSPS) is 14.5. The maximum atomic E-state index is 12.3. The van der Waals surface area contributed by atoms with Gasteiger partial charge in [0.15, 0.2) is 0 Å². The highest BCUT2D eigenvalue weighted by Crippen LogP contribution is 2.35. The lowest BCUT2D eigenvalue weighted by Crippen LogP contribution is -2.36. The number of hydrogen-bond donors (Lipinski definition) is 2. The summed E-state index contributed by atoms with van der Waals surface area (Å²) in [6.45, 7) is 1.37. The van der Waals surface area contributed by atoms with E-state index in [0.717, 1.165) is 53.2 Å². The third-order valence-electron chi connectivity index (χ3n) is 5.27. The molecule has 3 heterocycles. The topological polar surface area (TPSA) is 97.1 Å². The molecule has 5 rings (SSSR count). The van der Waals surface area contributed by atoms with Gasteiger partial charge in [-0.2, -0.15) is 18.3 Å². The molecule has 7 nitrogen and oxygen atoms in total. The van der Waals surface area contributed by atoms with Gasteiger partial charge >= 0.3 is 12.1 Å². The number of carboxylic acid groups (broad SMARTS) is 1. The highest BCUT2D eigenvalue weighted by molar-refractivity contribution is 5.97. The van der Waals surface area contributed by atoms with Crippen molar-refractivity contribution in [1.82, 2.24) is 20.1 Å². The van der Waals surface area contributed by atoms with Crippen LogP contribution in [-0.4, -0.2) is 44.5 Å². The maximum Gasteiger partial charge on any atom is 0.490 e. The molecule has 0 unspecified atom stereocenters. The van der Waals surface area contributed by atoms with Gasteiger partial charge in [-0.1, -0.05) is 36.4 Å². The Labute approximate surface area is 186 Å². The third-order valence-corrected chi connectivity index (χ3v) is 5.27. The summed E-state index contributed by atoms with van der Waals surface area (Å²) in [7, 11) is 0. The molecule has 2 aromatic heterocycles. The molecule has 1 aliphatic heterocycles. The molecule has 0 saturated heterocycles. The molecule has 2 aliphatic rings. The number of pyridine rings is 1. The van der Waals surface area contributed by atoms with Crippen molar-refractivity contribution >= 4 is 24.0 Å². The molecule has 33 heavy (non-hydrogen) atoms. The number of halogens is 3. The first kappa shape index (κ1) is 22.3. The van der Waals surface area contributed by atoms with Gasteiger partial charge in [0.2, 0.25) is 0 Å². The van der Waals surface area contributed by atoms with Crippen molar-refractivity contribution in [2.24, 2.45) is 0 Å². The molecule has 1 aromatic carbocycles. The summed E-state index contributed by atoms with van der Waals surface area (Å²) < 4.78 is 33.6. The molecule has 0 atom stereocenters. The molecule has 0 saturated carbocycles. The number of alkyl halides is 3. The fourth-order valence-corrected chi connectivity index (χ4v) is 3.74. The van der Waals surface area contributed by atoms with E-state index < -0.39 is 12.1 Å². The van der Waals surface area contributed by atoms with Gasteiger partial charge in [-0.25, -0.2) is 4.79 Å². The van der Waals surface area contributed by atoms with Crippen molar-refractivity contribution < 1.29 is 27.9 Å². The van der Waals surface area contributed by atoms with Gasteiger partial charge in [0.05, 0.1) is 17.9 Å². The lowest BCUT2D eigenvalue weighted by molar-refractivity contribution is -0.192. The molecule has 0 fully saturated rings. The molecule has 2 N–H and O–H groups in total. The van der Waals surface area contributed by atoms with E-state index in [2.05, 4.69) is 34.6 Å². The number of rotatable bonds is 2. The summed E-state index contributed by atoms with van der Waals surface area (Å²) in [6.07, 6.45) is 2.67. The van der Waals surface area contributed by atoms with Gasteiger partial charge in [-0.15, -0.1) is 0 Å². The average Bonchev–Trinajstić information content (AvgIpc) is 3.18. The van der Waals surface area contributed by atoms with Crippen molar-refractivity contribution in [3.63, 3.8) is 0 Å². The van der Waals surface area contributed by atoms with Crippen molar-refractivity contribution in [3.8, 4) is 11.3 Å². The van der Waals surface area contributed by atoms with E-state index in [9.17, 15) is 18.0 Å². The van der Waals surface area contributed by atoms with Gasteiger partial charge in [0.25, 0.3) is 5.91 Å². The largest absolute Gasteiger partial charge is 0.490 e. The summed E-state index contributed by atoms with van der Waals surface area (Å²) in [5.41, 5.74) is 7.08. The van der Waals surface area contributed by atoms with Crippen LogP contribution in [0.1, 0.15) is 32.9 Å². The van der Waals surface area contributed by atoms with Gasteiger partial charge in [0.1, 0.15) is 5.69 Å². The predicted molar refractivity (Wildman–Crippen MR) is 114 cm³/mol. The monoisotopic (exact) mass is 456 g/mol. The first-order valence-electron chi connectivity index (χ1n) is 10.1. The van der Waals surface area contributed by atoms with Crippen LogP contribution in [0.25, 0.3) is 23.4 Å². The number of aromatic nitrogens is 3. The summed E-state index contributed by atoms with van der Waals surface area (Å²) in [6, 6.07) is 12.3. The molecule has 10 heteroatoms. The van der Waals surface area contributed by atoms with E-state index in [1.165, 1.54) is 5.56 Å². The summed E-state index contributed by atoms with van der Waals surface area (Å²) in [4.78, 5) is 25.7. The number of carboxylic acids is 1. The van der Waals surface area contributed by atoms with Crippen LogP contribution < -0.4 is 5.32 Å². The number of hydrogen-bond acceptors (Lipinski definition) is 4. The standard InChI is InChI=1S/C21H18N4O.C2HF3O2/c26-21-20-17-9-7-15-13-23-16(8-6-14-4-2-1-3-5-14)12-18(15)19(17)24-25(20)11-10-22-21;3-2(4,5)1(6)7/h1-6,8,12-13H,7,9-11H2,(H,22,26);(H,6,7)/b8-6+;. The predicted octanol–water partition coefficient (Wildman–Crippen LogP) is 3.59. The summed E-state index contributed by atoms with van der Waals surface area (Å²) >= 11 is 0. The lowest BCUT2D eigenvalue weighted by Gasteiger charge is -2.17. The Morgan fingerprint density at radius 3 is 2.58 bits per heavy atom. The Bertz CT molecular complexity index is 1230. The number of carbonyl (C=O) groups is 2. The smallest absolute Gasteiger partial charge is 0.475 e. The Morgan fingerprint density at radius 2 is 1.88 bits per heavy atom. The second kappa shape index (κ2) is 8.89. The van der Waals surface area contributed by atoms with E-state index in [0.29, 0.717) is 6.54 Å². The number of aliphatic carboxylic acids is 1. The number of nitrogens with zero attached hydrogens (tertiary/aromatic N) is 3. The minimum Gasteiger partial charge on any atom is -0.475 e. The molecule has 3 aromatic rings. The van der Waals surface area contributed by atoms with Gasteiger partial charge in [0, 0.05) is 23.9 Å².